The van der Waals surface area contributed by atoms with E-state index < -0.39 is 0 Å². The van der Waals surface area contributed by atoms with Crippen LogP contribution in [0.5, 0.6) is 0 Å². The fourth-order valence-corrected chi connectivity index (χ4v) is 1.94. The first-order valence-corrected chi connectivity index (χ1v) is 6.76. The van der Waals surface area contributed by atoms with Gasteiger partial charge in [0.15, 0.2) is 0 Å². The Balaban J connectivity index is 2.14. The molecule has 0 unspecified atom stereocenters. The minimum Gasteiger partial charge on any atom is -0.383 e. The Hall–Kier alpha value is -2.11. The lowest BCUT2D eigenvalue weighted by molar-refractivity contribution is 0.590. The number of nitrogens with zero attached hydrogens (tertiary/aromatic N) is 4. The van der Waals surface area contributed by atoms with E-state index in [1.54, 1.807) is 16.9 Å². The molecule has 0 radical (unpaired) electrons. The van der Waals surface area contributed by atoms with Crippen molar-refractivity contribution < 1.29 is 0 Å². The minimum atomic E-state index is -0.113. The van der Waals surface area contributed by atoms with Gasteiger partial charge in [0.1, 0.15) is 0 Å². The van der Waals surface area contributed by atoms with E-state index in [0.29, 0.717) is 12.5 Å². The van der Waals surface area contributed by atoms with Gasteiger partial charge in [0.25, 0.3) is 5.56 Å². The number of rotatable bonds is 5. The van der Waals surface area contributed by atoms with Gasteiger partial charge in [0.05, 0.1) is 29.8 Å². The molecule has 2 heterocycles. The van der Waals surface area contributed by atoms with Crippen LogP contribution in [0, 0.1) is 12.8 Å². The average Bonchev–Trinajstić information content (AvgIpc) is 2.68. The number of hydrogen-bond donors (Lipinski definition) is 1. The average molecular weight is 275 g/mol. The Kier molecular flexibility index (Phi) is 4.22. The second kappa shape index (κ2) is 5.90. The van der Waals surface area contributed by atoms with Crippen molar-refractivity contribution in [2.24, 2.45) is 13.0 Å². The first-order valence-electron chi connectivity index (χ1n) is 6.76. The third-order valence-electron chi connectivity index (χ3n) is 2.99. The lowest BCUT2D eigenvalue weighted by Crippen LogP contribution is -2.24. The van der Waals surface area contributed by atoms with Crippen LogP contribution < -0.4 is 10.9 Å². The van der Waals surface area contributed by atoms with Gasteiger partial charge in [-0.25, -0.2) is 4.68 Å². The van der Waals surface area contributed by atoms with E-state index in [2.05, 4.69) is 29.4 Å². The SMILES string of the molecule is Cc1cc(Cn2ncc(NCC(C)C)cc2=O)n(C)n1. The highest BCUT2D eigenvalue weighted by Crippen LogP contribution is 2.05. The molecule has 1 N–H and O–H groups in total. The van der Waals surface area contributed by atoms with Crippen molar-refractivity contribution in [3.8, 4) is 0 Å². The fraction of sp³-hybridized carbons (Fsp3) is 0.500. The van der Waals surface area contributed by atoms with E-state index in [0.717, 1.165) is 23.6 Å². The van der Waals surface area contributed by atoms with Gasteiger partial charge in [-0.15, -0.1) is 0 Å². The maximum atomic E-state index is 12.0. The van der Waals surface area contributed by atoms with Crippen LogP contribution in [0.1, 0.15) is 25.2 Å². The summed E-state index contributed by atoms with van der Waals surface area (Å²) in [5.41, 5.74) is 2.55. The topological polar surface area (TPSA) is 64.7 Å². The molecule has 0 spiro atoms. The van der Waals surface area contributed by atoms with Crippen LogP contribution >= 0.6 is 0 Å². The summed E-state index contributed by atoms with van der Waals surface area (Å²) in [6, 6.07) is 3.54. The molecule has 0 atom stereocenters. The summed E-state index contributed by atoms with van der Waals surface area (Å²) in [6.45, 7) is 7.42. The van der Waals surface area contributed by atoms with Crippen LogP contribution in [-0.4, -0.2) is 26.1 Å². The molecule has 0 saturated carbocycles. The number of aromatic nitrogens is 4. The highest BCUT2D eigenvalue weighted by atomic mass is 16.1. The molecule has 0 bridgehead atoms. The van der Waals surface area contributed by atoms with Gasteiger partial charge in [0, 0.05) is 19.7 Å². The van der Waals surface area contributed by atoms with E-state index in [1.807, 2.05) is 20.0 Å². The van der Waals surface area contributed by atoms with Crippen molar-refractivity contribution in [2.45, 2.75) is 27.3 Å². The second-order valence-electron chi connectivity index (χ2n) is 5.42. The zero-order valence-corrected chi connectivity index (χ0v) is 12.4. The molecular weight excluding hydrogens is 254 g/mol. The Morgan fingerprint density at radius 2 is 2.10 bits per heavy atom. The van der Waals surface area contributed by atoms with Crippen molar-refractivity contribution >= 4 is 5.69 Å². The van der Waals surface area contributed by atoms with Crippen LogP contribution in [0.4, 0.5) is 5.69 Å². The highest BCUT2D eigenvalue weighted by molar-refractivity contribution is 5.38. The molecule has 2 aromatic heterocycles. The van der Waals surface area contributed by atoms with Crippen molar-refractivity contribution in [3.05, 3.63) is 40.1 Å². The third kappa shape index (κ3) is 3.46. The van der Waals surface area contributed by atoms with Crippen LogP contribution in [0.15, 0.2) is 23.1 Å². The van der Waals surface area contributed by atoms with Crippen LogP contribution in [0.3, 0.4) is 0 Å². The molecule has 0 aliphatic carbocycles. The molecule has 2 rings (SSSR count). The highest BCUT2D eigenvalue weighted by Gasteiger charge is 2.06. The molecule has 6 heteroatoms. The molecule has 0 saturated heterocycles. The van der Waals surface area contributed by atoms with Crippen molar-refractivity contribution in [1.29, 1.82) is 0 Å². The summed E-state index contributed by atoms with van der Waals surface area (Å²) >= 11 is 0. The van der Waals surface area contributed by atoms with E-state index >= 15 is 0 Å². The first kappa shape index (κ1) is 14.3. The normalized spacial score (nSPS) is 11.1. The van der Waals surface area contributed by atoms with E-state index in [-0.39, 0.29) is 5.56 Å². The zero-order valence-electron chi connectivity index (χ0n) is 12.4. The van der Waals surface area contributed by atoms with Crippen LogP contribution in [0.25, 0.3) is 0 Å². The summed E-state index contributed by atoms with van der Waals surface area (Å²) in [6.07, 6.45) is 1.69. The van der Waals surface area contributed by atoms with E-state index in [1.165, 1.54) is 4.68 Å². The third-order valence-corrected chi connectivity index (χ3v) is 2.99. The lowest BCUT2D eigenvalue weighted by atomic mass is 10.2. The number of hydrogen-bond acceptors (Lipinski definition) is 4. The lowest BCUT2D eigenvalue weighted by Gasteiger charge is -2.09. The molecule has 108 valence electrons. The van der Waals surface area contributed by atoms with Gasteiger partial charge in [-0.3, -0.25) is 9.48 Å². The van der Waals surface area contributed by atoms with Gasteiger partial charge in [0.2, 0.25) is 0 Å². The van der Waals surface area contributed by atoms with Gasteiger partial charge in [-0.2, -0.15) is 10.2 Å². The second-order valence-corrected chi connectivity index (χ2v) is 5.42. The molecule has 0 aliphatic heterocycles. The molecule has 0 amide bonds. The predicted octanol–water partition coefficient (Wildman–Crippen LogP) is 1.40. The monoisotopic (exact) mass is 275 g/mol. The van der Waals surface area contributed by atoms with E-state index in [4.69, 9.17) is 0 Å². The number of anilines is 1. The Morgan fingerprint density at radius 1 is 1.35 bits per heavy atom. The van der Waals surface area contributed by atoms with E-state index in [9.17, 15) is 4.79 Å². The van der Waals surface area contributed by atoms with Crippen LogP contribution in [0.2, 0.25) is 0 Å². The maximum absolute atomic E-state index is 12.0. The number of nitrogens with one attached hydrogen (secondary N) is 1. The number of aryl methyl sites for hydroxylation is 2. The standard InChI is InChI=1S/C14H21N5O/c1-10(2)7-15-12-6-14(20)19(16-8-12)9-13-5-11(3)17-18(13)4/h5-6,8,10,15H,7,9H2,1-4H3. The summed E-state index contributed by atoms with van der Waals surface area (Å²) in [7, 11) is 1.87. The zero-order chi connectivity index (χ0) is 14.7. The van der Waals surface area contributed by atoms with Crippen molar-refractivity contribution in [1.82, 2.24) is 19.6 Å². The molecule has 0 aromatic carbocycles. The van der Waals surface area contributed by atoms with Gasteiger partial charge in [-0.1, -0.05) is 13.8 Å². The van der Waals surface area contributed by atoms with Crippen molar-refractivity contribution in [3.63, 3.8) is 0 Å². The quantitative estimate of drug-likeness (QED) is 0.896. The Morgan fingerprint density at radius 3 is 2.65 bits per heavy atom. The summed E-state index contributed by atoms with van der Waals surface area (Å²) in [5.74, 6) is 0.523. The minimum absolute atomic E-state index is 0.113. The fourth-order valence-electron chi connectivity index (χ4n) is 1.94. The summed E-state index contributed by atoms with van der Waals surface area (Å²) in [5, 5.41) is 11.7. The molecule has 2 aromatic rings. The van der Waals surface area contributed by atoms with Gasteiger partial charge >= 0.3 is 0 Å². The first-order chi connectivity index (χ1) is 9.45. The largest absolute Gasteiger partial charge is 0.383 e. The predicted molar refractivity (Wildman–Crippen MR) is 78.9 cm³/mol. The molecular formula is C14H21N5O. The molecule has 6 nitrogen and oxygen atoms in total. The molecule has 0 aliphatic rings. The summed E-state index contributed by atoms with van der Waals surface area (Å²) < 4.78 is 3.21. The van der Waals surface area contributed by atoms with Gasteiger partial charge in [-0.05, 0) is 18.9 Å². The summed E-state index contributed by atoms with van der Waals surface area (Å²) in [4.78, 5) is 12.0. The van der Waals surface area contributed by atoms with Crippen LogP contribution in [-0.2, 0) is 13.6 Å². The molecule has 0 fully saturated rings. The van der Waals surface area contributed by atoms with Crippen molar-refractivity contribution in [2.75, 3.05) is 11.9 Å². The Bertz CT molecular complexity index is 641. The maximum Gasteiger partial charge on any atom is 0.269 e. The molecule has 20 heavy (non-hydrogen) atoms. The van der Waals surface area contributed by atoms with Gasteiger partial charge < -0.3 is 5.32 Å². The Labute approximate surface area is 118 Å². The smallest absolute Gasteiger partial charge is 0.269 e.